The van der Waals surface area contributed by atoms with Crippen LogP contribution in [0.25, 0.3) is 6.08 Å². The van der Waals surface area contributed by atoms with Crippen LogP contribution in [0.4, 0.5) is 11.4 Å². The molecule has 6 nitrogen and oxygen atoms in total. The van der Waals surface area contributed by atoms with Gasteiger partial charge in [0.05, 0.1) is 35.4 Å². The van der Waals surface area contributed by atoms with Crippen molar-refractivity contribution in [3.63, 3.8) is 0 Å². The summed E-state index contributed by atoms with van der Waals surface area (Å²) < 4.78 is 36.5. The van der Waals surface area contributed by atoms with Crippen LogP contribution in [0.2, 0.25) is 0 Å². The summed E-state index contributed by atoms with van der Waals surface area (Å²) in [4.78, 5) is 14.8. The van der Waals surface area contributed by atoms with Crippen molar-refractivity contribution >= 4 is 33.2 Å². The van der Waals surface area contributed by atoms with Crippen LogP contribution >= 0.6 is 0 Å². The van der Waals surface area contributed by atoms with Crippen molar-refractivity contribution < 1.29 is 22.7 Å². The molecule has 7 heteroatoms. The van der Waals surface area contributed by atoms with Gasteiger partial charge in [0, 0.05) is 6.08 Å². The van der Waals surface area contributed by atoms with E-state index in [0.29, 0.717) is 22.9 Å². The monoisotopic (exact) mass is 421 g/mol. The Morgan fingerprint density at radius 3 is 1.97 bits per heavy atom. The van der Waals surface area contributed by atoms with Crippen LogP contribution in [0.15, 0.2) is 82.6 Å². The lowest BCUT2D eigenvalue weighted by Crippen LogP contribution is -2.30. The molecule has 0 atom stereocenters. The molecule has 0 unspecified atom stereocenters. The quantitative estimate of drug-likeness (QED) is 0.590. The Bertz CT molecular complexity index is 1210. The molecule has 30 heavy (non-hydrogen) atoms. The van der Waals surface area contributed by atoms with E-state index in [1.807, 2.05) is 0 Å². The van der Waals surface area contributed by atoms with Crippen molar-refractivity contribution in [3.8, 4) is 11.5 Å². The number of hydrogen-bond donors (Lipinski definition) is 0. The van der Waals surface area contributed by atoms with Crippen LogP contribution in [-0.4, -0.2) is 28.5 Å². The maximum absolute atomic E-state index is 13.2. The first-order valence-corrected chi connectivity index (χ1v) is 10.6. The molecule has 0 N–H and O–H groups in total. The fourth-order valence-corrected chi connectivity index (χ4v) is 5.04. The molecule has 1 aliphatic heterocycles. The summed E-state index contributed by atoms with van der Waals surface area (Å²) in [5.74, 6) is 0.775. The first-order chi connectivity index (χ1) is 14.5. The summed E-state index contributed by atoms with van der Waals surface area (Å²) in [6, 6.07) is 18.3. The van der Waals surface area contributed by atoms with Gasteiger partial charge in [-0.15, -0.1) is 0 Å². The summed E-state index contributed by atoms with van der Waals surface area (Å²) in [5, 5.41) is 0. The second-order valence-corrected chi connectivity index (χ2v) is 8.45. The normalized spacial score (nSPS) is 14.1. The highest BCUT2D eigenvalue weighted by Gasteiger charge is 2.35. The minimum Gasteiger partial charge on any atom is -0.493 e. The molecule has 0 radical (unpaired) electrons. The third-order valence-corrected chi connectivity index (χ3v) is 6.69. The third-order valence-electron chi connectivity index (χ3n) is 4.84. The van der Waals surface area contributed by atoms with Gasteiger partial charge < -0.3 is 9.47 Å². The molecule has 0 aromatic heterocycles. The smallest absolute Gasteiger partial charge is 0.255 e. The van der Waals surface area contributed by atoms with Crippen LogP contribution < -0.4 is 14.4 Å². The standard InChI is InChI=1S/C23H19NO5S/c1-28-19-13-11-16(15-20(19)29-2)12-14-23(25)24-17-7-3-5-9-21(17)30(26,27)22-10-6-4-8-18(22)24/h3-15H,1-2H3/b14-12+. The predicted molar refractivity (Wildman–Crippen MR) is 114 cm³/mol. The minimum atomic E-state index is -3.70. The molecule has 1 aliphatic rings. The van der Waals surface area contributed by atoms with E-state index in [9.17, 15) is 13.2 Å². The van der Waals surface area contributed by atoms with E-state index in [4.69, 9.17) is 9.47 Å². The van der Waals surface area contributed by atoms with E-state index in [1.165, 1.54) is 23.1 Å². The lowest BCUT2D eigenvalue weighted by molar-refractivity contribution is -0.113. The molecular formula is C23H19NO5S. The highest BCUT2D eigenvalue weighted by molar-refractivity contribution is 7.92. The summed E-state index contributed by atoms with van der Waals surface area (Å²) in [6.45, 7) is 0. The molecule has 1 heterocycles. The average Bonchev–Trinajstić information content (AvgIpc) is 2.77. The number of fused-ring (bicyclic) bond motifs is 2. The van der Waals surface area contributed by atoms with Gasteiger partial charge in [-0.3, -0.25) is 9.69 Å². The number of benzene rings is 3. The van der Waals surface area contributed by atoms with Crippen molar-refractivity contribution in [1.29, 1.82) is 0 Å². The number of para-hydroxylation sites is 2. The predicted octanol–water partition coefficient (Wildman–Crippen LogP) is 4.23. The first-order valence-electron chi connectivity index (χ1n) is 9.14. The SMILES string of the molecule is COc1ccc(/C=C/C(=O)N2c3ccccc3S(=O)(=O)c3ccccc32)cc1OC. The van der Waals surface area contributed by atoms with Gasteiger partial charge in [-0.25, -0.2) is 8.42 Å². The first kappa shape index (κ1) is 19.7. The molecule has 0 spiro atoms. The number of hydrogen-bond acceptors (Lipinski definition) is 5. The topological polar surface area (TPSA) is 72.9 Å². The number of sulfone groups is 1. The Balaban J connectivity index is 1.76. The molecule has 3 aromatic rings. The molecule has 3 aromatic carbocycles. The zero-order valence-electron chi connectivity index (χ0n) is 16.4. The molecule has 0 aliphatic carbocycles. The zero-order chi connectivity index (χ0) is 21.3. The van der Waals surface area contributed by atoms with Crippen LogP contribution in [0, 0.1) is 0 Å². The number of ether oxygens (including phenoxy) is 2. The van der Waals surface area contributed by atoms with E-state index < -0.39 is 9.84 Å². The number of anilines is 2. The highest BCUT2D eigenvalue weighted by atomic mass is 32.2. The number of carbonyl (C=O) groups excluding carboxylic acids is 1. The molecule has 152 valence electrons. The second kappa shape index (κ2) is 7.68. The Kier molecular flexibility index (Phi) is 5.05. The lowest BCUT2D eigenvalue weighted by atomic mass is 10.1. The molecule has 0 fully saturated rings. The van der Waals surface area contributed by atoms with Gasteiger partial charge in [0.15, 0.2) is 11.5 Å². The van der Waals surface area contributed by atoms with Gasteiger partial charge >= 0.3 is 0 Å². The number of carbonyl (C=O) groups is 1. The molecule has 4 rings (SSSR count). The van der Waals surface area contributed by atoms with Gasteiger partial charge in [0.25, 0.3) is 5.91 Å². The fraction of sp³-hybridized carbons (Fsp3) is 0.0870. The third kappa shape index (κ3) is 3.23. The van der Waals surface area contributed by atoms with Crippen molar-refractivity contribution in [1.82, 2.24) is 0 Å². The number of amides is 1. The Labute approximate surface area is 174 Å². The van der Waals surface area contributed by atoms with Crippen LogP contribution in [0.3, 0.4) is 0 Å². The number of rotatable bonds is 4. The van der Waals surface area contributed by atoms with Gasteiger partial charge in [-0.1, -0.05) is 30.3 Å². The molecule has 0 saturated heterocycles. The molecule has 1 amide bonds. The van der Waals surface area contributed by atoms with Crippen molar-refractivity contribution in [3.05, 3.63) is 78.4 Å². The summed E-state index contributed by atoms with van der Waals surface area (Å²) in [6.07, 6.45) is 3.06. The van der Waals surface area contributed by atoms with E-state index >= 15 is 0 Å². The van der Waals surface area contributed by atoms with Gasteiger partial charge in [0.2, 0.25) is 9.84 Å². The summed E-state index contributed by atoms with van der Waals surface area (Å²) in [7, 11) is -0.608. The molecular weight excluding hydrogens is 402 g/mol. The number of methoxy groups -OCH3 is 2. The Hall–Kier alpha value is -3.58. The molecule has 0 bridgehead atoms. The van der Waals surface area contributed by atoms with E-state index in [0.717, 1.165) is 5.56 Å². The Morgan fingerprint density at radius 2 is 1.40 bits per heavy atom. The largest absolute Gasteiger partial charge is 0.493 e. The van der Waals surface area contributed by atoms with Crippen molar-refractivity contribution in [2.24, 2.45) is 0 Å². The van der Waals surface area contributed by atoms with Gasteiger partial charge in [-0.05, 0) is 48.0 Å². The number of nitrogens with zero attached hydrogens (tertiary/aromatic N) is 1. The van der Waals surface area contributed by atoms with E-state index in [1.54, 1.807) is 74.9 Å². The van der Waals surface area contributed by atoms with Gasteiger partial charge in [0.1, 0.15) is 0 Å². The maximum atomic E-state index is 13.2. The molecule has 0 saturated carbocycles. The maximum Gasteiger partial charge on any atom is 0.255 e. The van der Waals surface area contributed by atoms with E-state index in [2.05, 4.69) is 0 Å². The van der Waals surface area contributed by atoms with Crippen LogP contribution in [-0.2, 0) is 14.6 Å². The highest BCUT2D eigenvalue weighted by Crippen LogP contribution is 2.44. The van der Waals surface area contributed by atoms with Crippen LogP contribution in [0.5, 0.6) is 11.5 Å². The summed E-state index contributed by atoms with van der Waals surface area (Å²) in [5.41, 5.74) is 1.41. The van der Waals surface area contributed by atoms with E-state index in [-0.39, 0.29) is 15.7 Å². The van der Waals surface area contributed by atoms with Crippen molar-refractivity contribution in [2.45, 2.75) is 9.79 Å². The average molecular weight is 421 g/mol. The minimum absolute atomic E-state index is 0.108. The Morgan fingerprint density at radius 1 is 0.833 bits per heavy atom. The summed E-state index contributed by atoms with van der Waals surface area (Å²) >= 11 is 0. The van der Waals surface area contributed by atoms with Gasteiger partial charge in [-0.2, -0.15) is 0 Å². The fourth-order valence-electron chi connectivity index (χ4n) is 3.42. The zero-order valence-corrected chi connectivity index (χ0v) is 17.2. The lowest BCUT2D eigenvalue weighted by Gasteiger charge is -2.30. The van der Waals surface area contributed by atoms with Crippen LogP contribution in [0.1, 0.15) is 5.56 Å². The second-order valence-electron chi connectivity index (χ2n) is 6.56. The van der Waals surface area contributed by atoms with Crippen molar-refractivity contribution in [2.75, 3.05) is 19.1 Å².